The molecule has 0 fully saturated rings. The highest BCUT2D eigenvalue weighted by molar-refractivity contribution is 5.50. The number of phenolic OH excluding ortho intramolecular Hbond substituents is 2. The summed E-state index contributed by atoms with van der Waals surface area (Å²) in [5.41, 5.74) is 7.76. The number of phenols is 2. The third-order valence-electron chi connectivity index (χ3n) is 3.20. The second kappa shape index (κ2) is 5.63. The molecule has 4 N–H and O–H groups in total. The molecule has 0 amide bonds. The molecule has 0 aromatic heterocycles. The fourth-order valence-electron chi connectivity index (χ4n) is 2.12. The average molecular weight is 258 g/mol. The lowest BCUT2D eigenvalue weighted by Gasteiger charge is -2.29. The quantitative estimate of drug-likeness (QED) is 0.786. The van der Waals surface area contributed by atoms with Crippen LogP contribution in [0.15, 0.2) is 48.5 Å². The van der Waals surface area contributed by atoms with Crippen LogP contribution in [0.2, 0.25) is 0 Å². The molecule has 0 aliphatic carbocycles. The zero-order valence-corrected chi connectivity index (χ0v) is 10.8. The van der Waals surface area contributed by atoms with Crippen molar-refractivity contribution in [3.8, 4) is 11.5 Å². The maximum Gasteiger partial charge on any atom is 0.115 e. The van der Waals surface area contributed by atoms with Gasteiger partial charge in [0.25, 0.3) is 0 Å². The van der Waals surface area contributed by atoms with Crippen LogP contribution >= 0.6 is 0 Å². The van der Waals surface area contributed by atoms with Crippen molar-refractivity contribution in [2.75, 3.05) is 18.5 Å². The Hall–Kier alpha value is -2.20. The number of likely N-dealkylation sites (N-methyl/N-ethyl adjacent to an activating group) is 1. The van der Waals surface area contributed by atoms with Gasteiger partial charge in [-0.15, -0.1) is 0 Å². The van der Waals surface area contributed by atoms with E-state index in [1.165, 1.54) is 0 Å². The lowest BCUT2D eigenvalue weighted by atomic mass is 10.0. The summed E-state index contributed by atoms with van der Waals surface area (Å²) in [6.45, 7) is 0.431. The molecule has 0 radical (unpaired) electrons. The van der Waals surface area contributed by atoms with Gasteiger partial charge in [-0.25, -0.2) is 0 Å². The predicted molar refractivity (Wildman–Crippen MR) is 76.4 cm³/mol. The van der Waals surface area contributed by atoms with Crippen LogP contribution in [0.4, 0.5) is 5.69 Å². The van der Waals surface area contributed by atoms with E-state index in [1.54, 1.807) is 30.3 Å². The first-order valence-corrected chi connectivity index (χ1v) is 6.12. The molecule has 19 heavy (non-hydrogen) atoms. The van der Waals surface area contributed by atoms with Crippen molar-refractivity contribution in [1.82, 2.24) is 0 Å². The zero-order valence-electron chi connectivity index (χ0n) is 10.8. The number of anilines is 1. The van der Waals surface area contributed by atoms with Crippen molar-refractivity contribution in [2.24, 2.45) is 5.73 Å². The monoisotopic (exact) mass is 258 g/mol. The highest BCUT2D eigenvalue weighted by Gasteiger charge is 2.16. The van der Waals surface area contributed by atoms with E-state index in [4.69, 9.17) is 5.73 Å². The molecule has 0 aliphatic heterocycles. The Bertz CT molecular complexity index is 540. The van der Waals surface area contributed by atoms with Gasteiger partial charge in [-0.05, 0) is 42.0 Å². The van der Waals surface area contributed by atoms with Crippen LogP contribution in [0.1, 0.15) is 11.6 Å². The van der Waals surface area contributed by atoms with Crippen molar-refractivity contribution in [2.45, 2.75) is 6.04 Å². The minimum atomic E-state index is -0.0309. The normalized spacial score (nSPS) is 12.1. The van der Waals surface area contributed by atoms with Crippen molar-refractivity contribution < 1.29 is 10.2 Å². The third kappa shape index (κ3) is 2.98. The van der Waals surface area contributed by atoms with Crippen LogP contribution in [0.3, 0.4) is 0 Å². The maximum absolute atomic E-state index is 9.55. The van der Waals surface area contributed by atoms with E-state index in [9.17, 15) is 10.2 Å². The molecular formula is C15H18N2O2. The lowest BCUT2D eigenvalue weighted by Crippen LogP contribution is -2.30. The van der Waals surface area contributed by atoms with Gasteiger partial charge in [0, 0.05) is 19.3 Å². The Labute approximate surface area is 112 Å². The molecular weight excluding hydrogens is 240 g/mol. The van der Waals surface area contributed by atoms with Crippen LogP contribution in [-0.4, -0.2) is 23.8 Å². The topological polar surface area (TPSA) is 69.7 Å². The molecule has 0 heterocycles. The first kappa shape index (κ1) is 13.2. The zero-order chi connectivity index (χ0) is 13.8. The molecule has 2 aromatic carbocycles. The van der Waals surface area contributed by atoms with Crippen LogP contribution < -0.4 is 10.6 Å². The summed E-state index contributed by atoms with van der Waals surface area (Å²) >= 11 is 0. The molecule has 0 bridgehead atoms. The number of nitrogens with two attached hydrogens (primary N) is 1. The molecule has 2 aromatic rings. The standard InChI is InChI=1S/C15H18N2O2/c1-17(12-5-7-13(18)8-6-12)15(10-16)11-3-2-4-14(19)9-11/h2-9,15,18-19H,10,16H2,1H3. The number of benzene rings is 2. The number of hydrogen-bond donors (Lipinski definition) is 3. The van der Waals surface area contributed by atoms with Crippen LogP contribution in [-0.2, 0) is 0 Å². The molecule has 0 saturated heterocycles. The SMILES string of the molecule is CN(c1ccc(O)cc1)C(CN)c1cccc(O)c1. The lowest BCUT2D eigenvalue weighted by molar-refractivity contribution is 0.473. The second-order valence-corrected chi connectivity index (χ2v) is 4.47. The average Bonchev–Trinajstić information content (AvgIpc) is 2.40. The van der Waals surface area contributed by atoms with Gasteiger partial charge in [-0.3, -0.25) is 0 Å². The van der Waals surface area contributed by atoms with Gasteiger partial charge in [0.05, 0.1) is 6.04 Å². The van der Waals surface area contributed by atoms with E-state index in [0.717, 1.165) is 11.3 Å². The van der Waals surface area contributed by atoms with Gasteiger partial charge >= 0.3 is 0 Å². The predicted octanol–water partition coefficient (Wildman–Crippen LogP) is 2.23. The first-order chi connectivity index (χ1) is 9.11. The molecule has 4 heteroatoms. The number of rotatable bonds is 4. The van der Waals surface area contributed by atoms with E-state index in [1.807, 2.05) is 30.1 Å². The fraction of sp³-hybridized carbons (Fsp3) is 0.200. The van der Waals surface area contributed by atoms with Crippen LogP contribution in [0.5, 0.6) is 11.5 Å². The molecule has 100 valence electrons. The molecule has 1 unspecified atom stereocenters. The van der Waals surface area contributed by atoms with Crippen LogP contribution in [0.25, 0.3) is 0 Å². The molecule has 0 saturated carbocycles. The number of aromatic hydroxyl groups is 2. The highest BCUT2D eigenvalue weighted by Crippen LogP contribution is 2.27. The molecule has 0 spiro atoms. The van der Waals surface area contributed by atoms with Gasteiger partial charge in [-0.2, -0.15) is 0 Å². The third-order valence-corrected chi connectivity index (χ3v) is 3.20. The number of nitrogens with zero attached hydrogens (tertiary/aromatic N) is 1. The molecule has 4 nitrogen and oxygen atoms in total. The largest absolute Gasteiger partial charge is 0.508 e. The van der Waals surface area contributed by atoms with E-state index >= 15 is 0 Å². The van der Waals surface area contributed by atoms with Gasteiger partial charge in [0.1, 0.15) is 11.5 Å². The van der Waals surface area contributed by atoms with Crippen molar-refractivity contribution in [1.29, 1.82) is 0 Å². The highest BCUT2D eigenvalue weighted by atomic mass is 16.3. The molecule has 1 atom stereocenters. The Morgan fingerprint density at radius 3 is 2.32 bits per heavy atom. The van der Waals surface area contributed by atoms with E-state index in [-0.39, 0.29) is 17.5 Å². The fourth-order valence-corrected chi connectivity index (χ4v) is 2.12. The maximum atomic E-state index is 9.55. The van der Waals surface area contributed by atoms with Crippen molar-refractivity contribution in [3.63, 3.8) is 0 Å². The summed E-state index contributed by atoms with van der Waals surface area (Å²) in [6.07, 6.45) is 0. The van der Waals surface area contributed by atoms with Crippen LogP contribution in [0, 0.1) is 0 Å². The minimum absolute atomic E-state index is 0.0309. The molecule has 0 aliphatic rings. The summed E-state index contributed by atoms with van der Waals surface area (Å²) in [5.74, 6) is 0.467. The van der Waals surface area contributed by atoms with E-state index in [2.05, 4.69) is 0 Å². The van der Waals surface area contributed by atoms with Gasteiger partial charge in [0.2, 0.25) is 0 Å². The van der Waals surface area contributed by atoms with E-state index < -0.39 is 0 Å². The summed E-state index contributed by atoms with van der Waals surface area (Å²) < 4.78 is 0. The van der Waals surface area contributed by atoms with Crippen molar-refractivity contribution in [3.05, 3.63) is 54.1 Å². The Balaban J connectivity index is 2.28. The smallest absolute Gasteiger partial charge is 0.115 e. The summed E-state index contributed by atoms with van der Waals surface area (Å²) in [5, 5.41) is 18.9. The van der Waals surface area contributed by atoms with Gasteiger partial charge < -0.3 is 20.8 Å². The Morgan fingerprint density at radius 2 is 1.74 bits per heavy atom. The van der Waals surface area contributed by atoms with E-state index in [0.29, 0.717) is 6.54 Å². The Kier molecular flexibility index (Phi) is 3.92. The summed E-state index contributed by atoms with van der Waals surface area (Å²) in [7, 11) is 1.94. The van der Waals surface area contributed by atoms with Gasteiger partial charge in [-0.1, -0.05) is 12.1 Å². The first-order valence-electron chi connectivity index (χ1n) is 6.12. The minimum Gasteiger partial charge on any atom is -0.508 e. The number of hydrogen-bond acceptors (Lipinski definition) is 4. The summed E-state index contributed by atoms with van der Waals surface area (Å²) in [4.78, 5) is 2.02. The Morgan fingerprint density at radius 1 is 1.05 bits per heavy atom. The molecule has 2 rings (SSSR count). The summed E-state index contributed by atoms with van der Waals surface area (Å²) in [6, 6.07) is 14.0. The van der Waals surface area contributed by atoms with Gasteiger partial charge in [0.15, 0.2) is 0 Å². The second-order valence-electron chi connectivity index (χ2n) is 4.47. The van der Waals surface area contributed by atoms with Crippen molar-refractivity contribution >= 4 is 5.69 Å².